The first-order chi connectivity index (χ1) is 7.72. The van der Waals surface area contributed by atoms with Crippen LogP contribution in [-0.4, -0.2) is 17.5 Å². The highest BCUT2D eigenvalue weighted by Crippen LogP contribution is 2.30. The molecule has 0 saturated carbocycles. The number of nitrogens with one attached hydrogen (secondary N) is 1. The Kier molecular flexibility index (Phi) is 2.99. The lowest BCUT2D eigenvalue weighted by Crippen LogP contribution is -2.28. The van der Waals surface area contributed by atoms with Gasteiger partial charge in [-0.05, 0) is 30.0 Å². The molecule has 2 atom stereocenters. The van der Waals surface area contributed by atoms with Crippen molar-refractivity contribution in [1.29, 1.82) is 0 Å². The molecule has 1 aromatic carbocycles. The zero-order valence-electron chi connectivity index (χ0n) is 9.35. The van der Waals surface area contributed by atoms with E-state index in [0.29, 0.717) is 17.5 Å². The van der Waals surface area contributed by atoms with Crippen LogP contribution < -0.4 is 11.2 Å². The largest absolute Gasteiger partial charge is 0.508 e. The van der Waals surface area contributed by atoms with Gasteiger partial charge >= 0.3 is 0 Å². The van der Waals surface area contributed by atoms with E-state index >= 15 is 0 Å². The smallest absolute Gasteiger partial charge is 0.125 e. The highest BCUT2D eigenvalue weighted by molar-refractivity contribution is 5.85. The number of hydrogen-bond donors (Lipinski definition) is 3. The van der Waals surface area contributed by atoms with Crippen LogP contribution in [-0.2, 0) is 0 Å². The molecule has 16 heavy (non-hydrogen) atoms. The van der Waals surface area contributed by atoms with Crippen molar-refractivity contribution >= 4 is 5.84 Å². The molecule has 2 rings (SSSR count). The molecule has 1 aromatic rings. The summed E-state index contributed by atoms with van der Waals surface area (Å²) in [5.74, 6) is 1.60. The average Bonchev–Trinajstić information content (AvgIpc) is 2.69. The van der Waals surface area contributed by atoms with Crippen LogP contribution in [0.5, 0.6) is 5.75 Å². The SMILES string of the molecule is CCC(c1ccc(O)cc1)C1CNN=C1N. The predicted octanol–water partition coefficient (Wildman–Crippen LogP) is 1.38. The minimum absolute atomic E-state index is 0.259. The minimum atomic E-state index is 0.259. The van der Waals surface area contributed by atoms with E-state index in [-0.39, 0.29) is 5.92 Å². The van der Waals surface area contributed by atoms with Crippen LogP contribution >= 0.6 is 0 Å². The Morgan fingerprint density at radius 3 is 2.69 bits per heavy atom. The van der Waals surface area contributed by atoms with Crippen LogP contribution in [0.1, 0.15) is 24.8 Å². The number of hydrogen-bond acceptors (Lipinski definition) is 4. The lowest BCUT2D eigenvalue weighted by atomic mass is 9.84. The van der Waals surface area contributed by atoms with Crippen LogP contribution in [0.3, 0.4) is 0 Å². The second kappa shape index (κ2) is 4.43. The first kappa shape index (κ1) is 10.8. The summed E-state index contributed by atoms with van der Waals surface area (Å²) < 4.78 is 0. The van der Waals surface area contributed by atoms with E-state index in [1.165, 1.54) is 5.56 Å². The summed E-state index contributed by atoms with van der Waals surface area (Å²) in [7, 11) is 0. The fraction of sp³-hybridized carbons (Fsp3) is 0.417. The Morgan fingerprint density at radius 1 is 1.50 bits per heavy atom. The van der Waals surface area contributed by atoms with Crippen molar-refractivity contribution in [3.05, 3.63) is 29.8 Å². The standard InChI is InChI=1S/C12H17N3O/c1-2-10(11-7-14-15-12(11)13)8-3-5-9(16)6-4-8/h3-6,10-11,14,16H,2,7H2,1H3,(H2,13,15). The molecule has 1 heterocycles. The van der Waals surface area contributed by atoms with Gasteiger partial charge in [0.15, 0.2) is 0 Å². The minimum Gasteiger partial charge on any atom is -0.508 e. The molecule has 4 nitrogen and oxygen atoms in total. The first-order valence-electron chi connectivity index (χ1n) is 5.57. The molecular weight excluding hydrogens is 202 g/mol. The van der Waals surface area contributed by atoms with Crippen LogP contribution in [0.25, 0.3) is 0 Å². The molecule has 1 aliphatic rings. The molecule has 86 valence electrons. The summed E-state index contributed by atoms with van der Waals surface area (Å²) in [5, 5.41) is 13.3. The maximum atomic E-state index is 9.27. The van der Waals surface area contributed by atoms with Crippen molar-refractivity contribution in [2.24, 2.45) is 16.8 Å². The Bertz CT molecular complexity index is 386. The van der Waals surface area contributed by atoms with E-state index in [1.54, 1.807) is 12.1 Å². The molecule has 0 amide bonds. The highest BCUT2D eigenvalue weighted by Gasteiger charge is 2.28. The number of rotatable bonds is 3. The fourth-order valence-corrected chi connectivity index (χ4v) is 2.25. The van der Waals surface area contributed by atoms with E-state index in [9.17, 15) is 5.11 Å². The number of amidine groups is 1. The molecule has 1 aliphatic heterocycles. The van der Waals surface area contributed by atoms with Crippen molar-refractivity contribution in [2.75, 3.05) is 6.54 Å². The van der Waals surface area contributed by atoms with Gasteiger partial charge < -0.3 is 16.3 Å². The number of benzene rings is 1. The van der Waals surface area contributed by atoms with Crippen LogP contribution in [0.2, 0.25) is 0 Å². The summed E-state index contributed by atoms with van der Waals surface area (Å²) in [6, 6.07) is 7.34. The molecule has 0 aliphatic carbocycles. The third kappa shape index (κ3) is 1.96. The van der Waals surface area contributed by atoms with Gasteiger partial charge in [-0.1, -0.05) is 19.1 Å². The third-order valence-electron chi connectivity index (χ3n) is 3.15. The predicted molar refractivity (Wildman–Crippen MR) is 64.3 cm³/mol. The fourth-order valence-electron chi connectivity index (χ4n) is 2.25. The summed E-state index contributed by atoms with van der Waals surface area (Å²) in [4.78, 5) is 0. The summed E-state index contributed by atoms with van der Waals surface area (Å²) >= 11 is 0. The van der Waals surface area contributed by atoms with Gasteiger partial charge in [-0.25, -0.2) is 0 Å². The maximum absolute atomic E-state index is 9.27. The molecule has 0 saturated heterocycles. The van der Waals surface area contributed by atoms with E-state index in [2.05, 4.69) is 17.5 Å². The average molecular weight is 219 g/mol. The lowest BCUT2D eigenvalue weighted by Gasteiger charge is -2.21. The number of aromatic hydroxyl groups is 1. The molecule has 2 unspecified atom stereocenters. The maximum Gasteiger partial charge on any atom is 0.125 e. The van der Waals surface area contributed by atoms with Crippen molar-refractivity contribution in [3.8, 4) is 5.75 Å². The van der Waals surface area contributed by atoms with Gasteiger partial charge in [0.25, 0.3) is 0 Å². The molecular formula is C12H17N3O. The molecule has 0 bridgehead atoms. The van der Waals surface area contributed by atoms with Gasteiger partial charge in [-0.2, -0.15) is 5.10 Å². The number of nitrogens with zero attached hydrogens (tertiary/aromatic N) is 1. The van der Waals surface area contributed by atoms with Gasteiger partial charge in [0, 0.05) is 12.5 Å². The Hall–Kier alpha value is -1.71. The second-order valence-corrected chi connectivity index (χ2v) is 4.11. The molecule has 4 N–H and O–H groups in total. The molecule has 0 spiro atoms. The van der Waals surface area contributed by atoms with E-state index < -0.39 is 0 Å². The van der Waals surface area contributed by atoms with Crippen LogP contribution in [0.4, 0.5) is 0 Å². The molecule has 0 fully saturated rings. The van der Waals surface area contributed by atoms with Gasteiger partial charge in [0.2, 0.25) is 0 Å². The third-order valence-corrected chi connectivity index (χ3v) is 3.15. The molecule has 0 radical (unpaired) electrons. The Balaban J connectivity index is 2.22. The normalized spacial score (nSPS) is 21.3. The van der Waals surface area contributed by atoms with Crippen molar-refractivity contribution in [1.82, 2.24) is 5.43 Å². The Morgan fingerprint density at radius 2 is 2.19 bits per heavy atom. The van der Waals surface area contributed by atoms with Crippen LogP contribution in [0.15, 0.2) is 29.4 Å². The van der Waals surface area contributed by atoms with E-state index in [0.717, 1.165) is 13.0 Å². The van der Waals surface area contributed by atoms with Gasteiger partial charge in [0.05, 0.1) is 0 Å². The van der Waals surface area contributed by atoms with Gasteiger partial charge in [0.1, 0.15) is 11.6 Å². The summed E-state index contributed by atoms with van der Waals surface area (Å²) in [5.41, 5.74) is 9.99. The highest BCUT2D eigenvalue weighted by atomic mass is 16.3. The molecule has 0 aromatic heterocycles. The van der Waals surface area contributed by atoms with Crippen LogP contribution in [0, 0.1) is 5.92 Å². The van der Waals surface area contributed by atoms with E-state index in [1.807, 2.05) is 12.1 Å². The van der Waals surface area contributed by atoms with Gasteiger partial charge in [-0.15, -0.1) is 0 Å². The van der Waals surface area contributed by atoms with Crippen molar-refractivity contribution in [2.45, 2.75) is 19.3 Å². The van der Waals surface area contributed by atoms with Crippen molar-refractivity contribution < 1.29 is 5.11 Å². The first-order valence-corrected chi connectivity index (χ1v) is 5.57. The monoisotopic (exact) mass is 219 g/mol. The summed E-state index contributed by atoms with van der Waals surface area (Å²) in [6.07, 6.45) is 1.01. The zero-order chi connectivity index (χ0) is 11.5. The molecule has 4 heteroatoms. The number of nitrogens with two attached hydrogens (primary N) is 1. The summed E-state index contributed by atoms with van der Waals surface area (Å²) in [6.45, 7) is 2.94. The van der Waals surface area contributed by atoms with Crippen molar-refractivity contribution in [3.63, 3.8) is 0 Å². The Labute approximate surface area is 95.2 Å². The second-order valence-electron chi connectivity index (χ2n) is 4.11. The number of hydrazone groups is 1. The quantitative estimate of drug-likeness (QED) is 0.719. The topological polar surface area (TPSA) is 70.6 Å². The van der Waals surface area contributed by atoms with E-state index in [4.69, 9.17) is 5.73 Å². The van der Waals surface area contributed by atoms with Gasteiger partial charge in [-0.3, -0.25) is 0 Å². The lowest BCUT2D eigenvalue weighted by molar-refractivity contribution is 0.473. The number of phenols is 1. The zero-order valence-corrected chi connectivity index (χ0v) is 9.35. The number of phenolic OH excluding ortho intramolecular Hbond substituents is 1.